The first-order valence-corrected chi connectivity index (χ1v) is 5.58. The zero-order valence-electron chi connectivity index (χ0n) is 9.68. The monoisotopic (exact) mass is 279 g/mol. The standard InChI is InChI=1S/C11H13ClF3N3/c1-2-18(6-11(13,14)15)9-5-7(12)3-4-8(9)10(16)17/h3-5H,2,6H2,1H3,(H3,16,17). The second kappa shape index (κ2) is 5.48. The third-order valence-corrected chi connectivity index (χ3v) is 2.58. The van der Waals surface area contributed by atoms with Crippen LogP contribution in [0.15, 0.2) is 18.2 Å². The number of amidine groups is 1. The van der Waals surface area contributed by atoms with E-state index in [0.29, 0.717) is 5.02 Å². The van der Waals surface area contributed by atoms with Gasteiger partial charge in [0.15, 0.2) is 0 Å². The van der Waals surface area contributed by atoms with Crippen molar-refractivity contribution in [1.82, 2.24) is 0 Å². The van der Waals surface area contributed by atoms with Crippen LogP contribution in [0.5, 0.6) is 0 Å². The molecule has 0 atom stereocenters. The Morgan fingerprint density at radius 2 is 2.06 bits per heavy atom. The normalized spacial score (nSPS) is 11.4. The van der Waals surface area contributed by atoms with E-state index in [2.05, 4.69) is 0 Å². The lowest BCUT2D eigenvalue weighted by molar-refractivity contribution is -0.119. The Morgan fingerprint density at radius 3 is 2.50 bits per heavy atom. The number of hydrogen-bond donors (Lipinski definition) is 2. The van der Waals surface area contributed by atoms with Crippen molar-refractivity contribution in [3.05, 3.63) is 28.8 Å². The van der Waals surface area contributed by atoms with Crippen LogP contribution in [0.3, 0.4) is 0 Å². The molecular weight excluding hydrogens is 267 g/mol. The molecule has 0 fully saturated rings. The van der Waals surface area contributed by atoms with Gasteiger partial charge in [-0.3, -0.25) is 5.41 Å². The van der Waals surface area contributed by atoms with E-state index in [-0.39, 0.29) is 23.6 Å². The Bertz CT molecular complexity index is 446. The number of anilines is 1. The molecule has 0 aromatic heterocycles. The Balaban J connectivity index is 3.19. The second-order valence-corrected chi connectivity index (χ2v) is 4.14. The first-order chi connectivity index (χ1) is 8.24. The molecule has 100 valence electrons. The van der Waals surface area contributed by atoms with Gasteiger partial charge in [-0.2, -0.15) is 13.2 Å². The van der Waals surface area contributed by atoms with Crippen molar-refractivity contribution in [2.45, 2.75) is 13.1 Å². The van der Waals surface area contributed by atoms with Crippen LogP contribution in [-0.4, -0.2) is 25.1 Å². The summed E-state index contributed by atoms with van der Waals surface area (Å²) in [5.41, 5.74) is 5.81. The van der Waals surface area contributed by atoms with Gasteiger partial charge in [0, 0.05) is 22.8 Å². The lowest BCUT2D eigenvalue weighted by atomic mass is 10.1. The van der Waals surface area contributed by atoms with Gasteiger partial charge in [0.05, 0.1) is 0 Å². The summed E-state index contributed by atoms with van der Waals surface area (Å²) in [6, 6.07) is 4.32. The maximum Gasteiger partial charge on any atom is 0.405 e. The van der Waals surface area contributed by atoms with Crippen molar-refractivity contribution < 1.29 is 13.2 Å². The number of benzene rings is 1. The molecule has 0 amide bonds. The van der Waals surface area contributed by atoms with Gasteiger partial charge in [-0.25, -0.2) is 0 Å². The molecule has 0 aliphatic carbocycles. The molecule has 0 aliphatic heterocycles. The van der Waals surface area contributed by atoms with Crippen LogP contribution in [0.4, 0.5) is 18.9 Å². The van der Waals surface area contributed by atoms with Crippen LogP contribution < -0.4 is 10.6 Å². The summed E-state index contributed by atoms with van der Waals surface area (Å²) in [5.74, 6) is -0.290. The Labute approximate surface area is 108 Å². The molecule has 0 bridgehead atoms. The van der Waals surface area contributed by atoms with Gasteiger partial charge >= 0.3 is 6.18 Å². The van der Waals surface area contributed by atoms with Gasteiger partial charge in [0.1, 0.15) is 12.4 Å². The minimum atomic E-state index is -4.33. The third kappa shape index (κ3) is 3.80. The van der Waals surface area contributed by atoms with E-state index in [1.54, 1.807) is 6.92 Å². The summed E-state index contributed by atoms with van der Waals surface area (Å²) < 4.78 is 37.4. The molecule has 0 unspecified atom stereocenters. The summed E-state index contributed by atoms with van der Waals surface area (Å²) in [6.07, 6.45) is -4.33. The number of rotatable bonds is 4. The molecule has 1 rings (SSSR count). The van der Waals surface area contributed by atoms with E-state index in [4.69, 9.17) is 22.7 Å². The quantitative estimate of drug-likeness (QED) is 0.657. The van der Waals surface area contributed by atoms with Crippen molar-refractivity contribution in [3.63, 3.8) is 0 Å². The fraction of sp³-hybridized carbons (Fsp3) is 0.364. The zero-order valence-corrected chi connectivity index (χ0v) is 10.4. The number of nitrogens with two attached hydrogens (primary N) is 1. The minimum Gasteiger partial charge on any atom is -0.384 e. The van der Waals surface area contributed by atoms with E-state index < -0.39 is 12.7 Å². The van der Waals surface area contributed by atoms with Gasteiger partial charge < -0.3 is 10.6 Å². The van der Waals surface area contributed by atoms with Crippen molar-refractivity contribution in [2.75, 3.05) is 18.0 Å². The minimum absolute atomic E-state index is 0.139. The Kier molecular flexibility index (Phi) is 4.45. The molecule has 1 aromatic carbocycles. The molecule has 18 heavy (non-hydrogen) atoms. The predicted molar refractivity (Wildman–Crippen MR) is 66.4 cm³/mol. The number of halogens is 4. The zero-order chi connectivity index (χ0) is 13.9. The van der Waals surface area contributed by atoms with Crippen LogP contribution in [0.2, 0.25) is 5.02 Å². The maximum atomic E-state index is 12.5. The van der Waals surface area contributed by atoms with Gasteiger partial charge in [0.2, 0.25) is 0 Å². The summed E-state index contributed by atoms with van der Waals surface area (Å²) in [6.45, 7) is 0.626. The molecule has 1 aromatic rings. The number of alkyl halides is 3. The average Bonchev–Trinajstić information content (AvgIpc) is 2.24. The van der Waals surface area contributed by atoms with Crippen molar-refractivity contribution in [1.29, 1.82) is 5.41 Å². The summed E-state index contributed by atoms with van der Waals surface area (Å²) in [5, 5.41) is 7.67. The van der Waals surface area contributed by atoms with E-state index >= 15 is 0 Å². The van der Waals surface area contributed by atoms with Crippen LogP contribution in [0, 0.1) is 5.41 Å². The number of nitrogens with one attached hydrogen (secondary N) is 1. The third-order valence-electron chi connectivity index (χ3n) is 2.34. The highest BCUT2D eigenvalue weighted by atomic mass is 35.5. The molecule has 0 heterocycles. The second-order valence-electron chi connectivity index (χ2n) is 3.70. The molecule has 7 heteroatoms. The number of hydrogen-bond acceptors (Lipinski definition) is 2. The lowest BCUT2D eigenvalue weighted by Crippen LogP contribution is -2.35. The summed E-state index contributed by atoms with van der Waals surface area (Å²) >= 11 is 5.77. The average molecular weight is 280 g/mol. The van der Waals surface area contributed by atoms with Gasteiger partial charge in [-0.15, -0.1) is 0 Å². The molecule has 3 nitrogen and oxygen atoms in total. The van der Waals surface area contributed by atoms with Crippen molar-refractivity contribution in [2.24, 2.45) is 5.73 Å². The van der Waals surface area contributed by atoms with Crippen LogP contribution in [0.1, 0.15) is 12.5 Å². The Morgan fingerprint density at radius 1 is 1.44 bits per heavy atom. The smallest absolute Gasteiger partial charge is 0.384 e. The van der Waals surface area contributed by atoms with Gasteiger partial charge in [-0.1, -0.05) is 11.6 Å². The van der Waals surface area contributed by atoms with Gasteiger partial charge in [-0.05, 0) is 25.1 Å². The number of nitrogens with zero attached hydrogens (tertiary/aromatic N) is 1. The van der Waals surface area contributed by atoms with E-state index in [9.17, 15) is 13.2 Å². The molecule has 0 aliphatic rings. The first kappa shape index (κ1) is 14.6. The first-order valence-electron chi connectivity index (χ1n) is 5.20. The van der Waals surface area contributed by atoms with Crippen molar-refractivity contribution in [3.8, 4) is 0 Å². The molecule has 0 spiro atoms. The SMILES string of the molecule is CCN(CC(F)(F)F)c1cc(Cl)ccc1C(=N)N. The molecule has 0 saturated heterocycles. The molecule has 0 saturated carbocycles. The van der Waals surface area contributed by atoms with Gasteiger partial charge in [0.25, 0.3) is 0 Å². The van der Waals surface area contributed by atoms with Crippen LogP contribution in [-0.2, 0) is 0 Å². The van der Waals surface area contributed by atoms with E-state index in [0.717, 1.165) is 4.90 Å². The van der Waals surface area contributed by atoms with Crippen molar-refractivity contribution >= 4 is 23.1 Å². The lowest BCUT2D eigenvalue weighted by Gasteiger charge is -2.26. The van der Waals surface area contributed by atoms with E-state index in [1.165, 1.54) is 18.2 Å². The predicted octanol–water partition coefficient (Wildman–Crippen LogP) is 3.01. The highest BCUT2D eigenvalue weighted by Gasteiger charge is 2.31. The van der Waals surface area contributed by atoms with Crippen LogP contribution in [0.25, 0.3) is 0 Å². The largest absolute Gasteiger partial charge is 0.405 e. The molecule has 0 radical (unpaired) electrons. The highest BCUT2D eigenvalue weighted by Crippen LogP contribution is 2.27. The highest BCUT2D eigenvalue weighted by molar-refractivity contribution is 6.31. The maximum absolute atomic E-state index is 12.5. The number of nitrogen functional groups attached to an aromatic ring is 1. The molecular formula is C11H13ClF3N3. The Hall–Kier alpha value is -1.43. The molecule has 3 N–H and O–H groups in total. The topological polar surface area (TPSA) is 53.1 Å². The fourth-order valence-electron chi connectivity index (χ4n) is 1.58. The van der Waals surface area contributed by atoms with Crippen LogP contribution >= 0.6 is 11.6 Å². The summed E-state index contributed by atoms with van der Waals surface area (Å²) in [4.78, 5) is 1.09. The van der Waals surface area contributed by atoms with E-state index in [1.807, 2.05) is 0 Å². The fourth-order valence-corrected chi connectivity index (χ4v) is 1.74. The summed E-state index contributed by atoms with van der Waals surface area (Å²) in [7, 11) is 0.